The van der Waals surface area contributed by atoms with Crippen LogP contribution in [-0.4, -0.2) is 36.5 Å². The van der Waals surface area contributed by atoms with Crippen LogP contribution >= 0.6 is 24.2 Å². The number of nitriles is 1. The molecule has 0 fully saturated rings. The van der Waals surface area contributed by atoms with Crippen LogP contribution in [0.2, 0.25) is 0 Å². The van der Waals surface area contributed by atoms with Crippen molar-refractivity contribution in [1.29, 1.82) is 5.26 Å². The maximum atomic E-state index is 8.74. The first-order valence-electron chi connectivity index (χ1n) is 5.24. The summed E-state index contributed by atoms with van der Waals surface area (Å²) in [4.78, 5) is 0. The molecule has 0 aliphatic carbocycles. The normalized spacial score (nSPS) is 7.89. The van der Waals surface area contributed by atoms with Crippen molar-refractivity contribution in [3.63, 3.8) is 0 Å². The molecule has 0 spiro atoms. The number of thiocyanates is 1. The van der Waals surface area contributed by atoms with Crippen LogP contribution in [0, 0.1) is 10.7 Å². The van der Waals surface area contributed by atoms with Gasteiger partial charge in [-0.25, -0.2) is 0 Å². The lowest BCUT2D eigenvalue weighted by Gasteiger charge is -1.95. The Morgan fingerprint density at radius 2 is 1.37 bits per heavy atom. The summed E-state index contributed by atoms with van der Waals surface area (Å²) >= 11 is 8.09. The van der Waals surface area contributed by atoms with E-state index >= 15 is 0 Å². The standard InChI is InChI=1S/C6H15N.C2H5Cl.CHNS.H3N.H2O4S/c1-3-5-7-6-4-2;1-2-3;2-1-3;;1-5(2,3)4/h7H,3-6H2,1-2H3;2H2,1H3;3H;1H3;(H2,1,2,3,4). The predicted octanol–water partition coefficient (Wildman–Crippen LogP) is 2.55. The summed E-state index contributed by atoms with van der Waals surface area (Å²) in [7, 11) is -4.67. The molecule has 0 atom stereocenters. The number of nitrogens with one attached hydrogen (secondary N) is 1. The molecule has 0 saturated carbocycles. The molecule has 120 valence electrons. The first kappa shape index (κ1) is 31.4. The second-order valence-corrected chi connectivity index (χ2v) is 4.20. The van der Waals surface area contributed by atoms with Crippen LogP contribution in [0.3, 0.4) is 0 Å². The fourth-order valence-corrected chi connectivity index (χ4v) is 0.479. The van der Waals surface area contributed by atoms with Gasteiger partial charge in [-0.1, -0.05) is 33.4 Å². The molecule has 0 bridgehead atoms. The minimum absolute atomic E-state index is 0. The van der Waals surface area contributed by atoms with E-state index in [4.69, 9.17) is 34.4 Å². The Morgan fingerprint density at radius 1 is 1.21 bits per heavy atom. The topological polar surface area (TPSA) is 145 Å². The Balaban J connectivity index is -0.0000000483. The van der Waals surface area contributed by atoms with Crippen molar-refractivity contribution >= 4 is 34.6 Å². The molecule has 10 heteroatoms. The molecule has 7 nitrogen and oxygen atoms in total. The summed E-state index contributed by atoms with van der Waals surface area (Å²) < 4.78 is 31.6. The number of nitrogens with zero attached hydrogens (tertiary/aromatic N) is 1. The summed E-state index contributed by atoms with van der Waals surface area (Å²) in [6, 6.07) is 0. The van der Waals surface area contributed by atoms with Gasteiger partial charge in [0, 0.05) is 5.88 Å². The molecule has 0 aromatic carbocycles. The van der Waals surface area contributed by atoms with Gasteiger partial charge >= 0.3 is 10.4 Å². The Hall–Kier alpha value is -0.0800. The minimum Gasteiger partial charge on any atom is -0.344 e. The van der Waals surface area contributed by atoms with Crippen molar-refractivity contribution in [3.8, 4) is 5.40 Å². The second-order valence-electron chi connectivity index (χ2n) is 2.57. The minimum atomic E-state index is -4.67. The Morgan fingerprint density at radius 3 is 1.47 bits per heavy atom. The zero-order valence-corrected chi connectivity index (χ0v) is 14.1. The molecule has 0 amide bonds. The van der Waals surface area contributed by atoms with Crippen molar-refractivity contribution < 1.29 is 17.5 Å². The van der Waals surface area contributed by atoms with Gasteiger partial charge in [0.1, 0.15) is 5.40 Å². The van der Waals surface area contributed by atoms with E-state index in [9.17, 15) is 0 Å². The monoisotopic (exact) mass is 339 g/mol. The van der Waals surface area contributed by atoms with Gasteiger partial charge in [0.05, 0.1) is 0 Å². The van der Waals surface area contributed by atoms with Crippen LogP contribution in [0.15, 0.2) is 0 Å². The number of hydrogen-bond donors (Lipinski definition) is 5. The first-order chi connectivity index (χ1) is 8.24. The highest BCUT2D eigenvalue weighted by Gasteiger charge is 1.84. The fourth-order valence-electron chi connectivity index (χ4n) is 0.479. The molecule has 0 unspecified atom stereocenters. The summed E-state index contributed by atoms with van der Waals surface area (Å²) in [5.41, 5.74) is 0. The van der Waals surface area contributed by atoms with Crippen LogP contribution in [0.4, 0.5) is 0 Å². The summed E-state index contributed by atoms with van der Waals surface area (Å²) in [6.45, 7) is 8.61. The van der Waals surface area contributed by atoms with Gasteiger partial charge < -0.3 is 11.5 Å². The molecular weight excluding hydrogens is 314 g/mol. The smallest absolute Gasteiger partial charge is 0.344 e. The molecule has 19 heavy (non-hydrogen) atoms. The number of hydrogen-bond acceptors (Lipinski definition) is 6. The molecular formula is C9H26ClN3O4S2. The van der Waals surface area contributed by atoms with E-state index in [-0.39, 0.29) is 6.15 Å². The lowest BCUT2D eigenvalue weighted by atomic mass is 10.4. The third-order valence-electron chi connectivity index (χ3n) is 0.854. The van der Waals surface area contributed by atoms with Crippen LogP contribution in [0.25, 0.3) is 0 Å². The molecule has 0 heterocycles. The summed E-state index contributed by atoms with van der Waals surface area (Å²) in [5.74, 6) is 0.722. The predicted molar refractivity (Wildman–Crippen MR) is 83.6 cm³/mol. The van der Waals surface area contributed by atoms with Crippen LogP contribution in [-0.2, 0) is 10.4 Å². The Labute approximate surface area is 127 Å². The van der Waals surface area contributed by atoms with E-state index in [2.05, 4.69) is 31.8 Å². The number of rotatable bonds is 4. The highest BCUT2D eigenvalue weighted by Crippen LogP contribution is 1.71. The maximum absolute atomic E-state index is 8.74. The van der Waals surface area contributed by atoms with E-state index < -0.39 is 10.4 Å². The SMILES string of the molecule is CCCNCCC.CCCl.N.N#CS.O=S(=O)(O)O. The fraction of sp³-hybridized carbons (Fsp3) is 0.889. The molecule has 0 radical (unpaired) electrons. The van der Waals surface area contributed by atoms with Gasteiger partial charge in [-0.05, 0) is 25.9 Å². The molecule has 0 aliphatic heterocycles. The van der Waals surface area contributed by atoms with Crippen LogP contribution < -0.4 is 11.5 Å². The van der Waals surface area contributed by atoms with Gasteiger partial charge in [-0.3, -0.25) is 9.11 Å². The zero-order chi connectivity index (χ0) is 15.4. The molecule has 0 aromatic rings. The van der Waals surface area contributed by atoms with Crippen LogP contribution in [0.5, 0.6) is 0 Å². The first-order valence-corrected chi connectivity index (χ1v) is 7.62. The van der Waals surface area contributed by atoms with Crippen molar-refractivity contribution in [2.24, 2.45) is 0 Å². The summed E-state index contributed by atoms with van der Waals surface area (Å²) in [6.07, 6.45) is 2.50. The molecule has 0 saturated heterocycles. The Kier molecular flexibility index (Phi) is 50.7. The quantitative estimate of drug-likeness (QED) is 0.174. The number of alkyl halides is 1. The van der Waals surface area contributed by atoms with E-state index in [1.54, 1.807) is 0 Å². The van der Waals surface area contributed by atoms with Crippen molar-refractivity contribution in [2.45, 2.75) is 33.6 Å². The number of thiol groups is 1. The highest BCUT2D eigenvalue weighted by molar-refractivity contribution is 7.85. The molecule has 0 aromatic heterocycles. The molecule has 0 aliphatic rings. The average Bonchev–Trinajstić information content (AvgIpc) is 2.18. The largest absolute Gasteiger partial charge is 0.394 e. The Bertz CT molecular complexity index is 247. The third kappa shape index (κ3) is 296. The van der Waals surface area contributed by atoms with Gasteiger partial charge in [-0.2, -0.15) is 13.7 Å². The lowest BCUT2D eigenvalue weighted by Crippen LogP contribution is -2.14. The maximum Gasteiger partial charge on any atom is 0.394 e. The third-order valence-corrected chi connectivity index (χ3v) is 0.854. The van der Waals surface area contributed by atoms with Crippen molar-refractivity contribution in [2.75, 3.05) is 19.0 Å². The number of halogens is 1. The lowest BCUT2D eigenvalue weighted by molar-refractivity contribution is 0.381. The van der Waals surface area contributed by atoms with Crippen molar-refractivity contribution in [1.82, 2.24) is 11.5 Å². The molecule has 0 rings (SSSR count). The van der Waals surface area contributed by atoms with E-state index in [0.717, 1.165) is 5.88 Å². The van der Waals surface area contributed by atoms with Crippen LogP contribution in [0.1, 0.15) is 33.6 Å². The van der Waals surface area contributed by atoms with E-state index in [0.29, 0.717) is 0 Å². The summed E-state index contributed by atoms with van der Waals surface area (Å²) in [5, 5.41) is 11.9. The van der Waals surface area contributed by atoms with Gasteiger partial charge in [-0.15, -0.1) is 11.6 Å². The van der Waals surface area contributed by atoms with Crippen molar-refractivity contribution in [3.05, 3.63) is 0 Å². The average molecular weight is 340 g/mol. The van der Waals surface area contributed by atoms with Gasteiger partial charge in [0.2, 0.25) is 0 Å². The second kappa shape index (κ2) is 30.7. The zero-order valence-electron chi connectivity index (χ0n) is 11.6. The highest BCUT2D eigenvalue weighted by atomic mass is 35.5. The van der Waals surface area contributed by atoms with Gasteiger partial charge in [0.25, 0.3) is 0 Å². The van der Waals surface area contributed by atoms with Gasteiger partial charge in [0.15, 0.2) is 0 Å². The van der Waals surface area contributed by atoms with E-state index in [1.165, 1.54) is 31.3 Å². The molecule has 6 N–H and O–H groups in total. The van der Waals surface area contributed by atoms with E-state index in [1.807, 2.05) is 6.92 Å².